The van der Waals surface area contributed by atoms with Crippen molar-refractivity contribution < 1.29 is 14.3 Å². The molecular weight excluding hydrogens is 518 g/mol. The van der Waals surface area contributed by atoms with Gasteiger partial charge in [-0.2, -0.15) is 0 Å². The van der Waals surface area contributed by atoms with Crippen LogP contribution in [-0.2, 0) is 46.7 Å². The number of aromatic amines is 1. The molecular formula is C32H31N5O4. The molecule has 3 heterocycles. The first kappa shape index (κ1) is 27.5. The maximum absolute atomic E-state index is 13.7. The van der Waals surface area contributed by atoms with Crippen molar-refractivity contribution in [2.75, 3.05) is 7.11 Å². The fourth-order valence-corrected chi connectivity index (χ4v) is 4.79. The summed E-state index contributed by atoms with van der Waals surface area (Å²) in [6.45, 7) is 0.104. The maximum Gasteiger partial charge on any atom is 0.309 e. The molecule has 5 aromatic rings. The van der Waals surface area contributed by atoms with Gasteiger partial charge in [-0.25, -0.2) is 0 Å². The minimum atomic E-state index is -0.362. The van der Waals surface area contributed by atoms with E-state index < -0.39 is 0 Å². The van der Waals surface area contributed by atoms with E-state index in [1.807, 2.05) is 48.5 Å². The zero-order valence-corrected chi connectivity index (χ0v) is 22.8. The number of carbonyl (C=O) groups excluding carboxylic acids is 2. The summed E-state index contributed by atoms with van der Waals surface area (Å²) >= 11 is 0. The minimum Gasteiger partial charge on any atom is -0.469 e. The molecule has 0 unspecified atom stereocenters. The average molecular weight is 550 g/mol. The molecule has 9 heteroatoms. The molecule has 3 aromatic heterocycles. The lowest BCUT2D eigenvalue weighted by Gasteiger charge is -2.15. The van der Waals surface area contributed by atoms with Crippen molar-refractivity contribution in [2.24, 2.45) is 0 Å². The lowest BCUT2D eigenvalue weighted by Crippen LogP contribution is -2.34. The Labute approximate surface area is 237 Å². The molecule has 41 heavy (non-hydrogen) atoms. The SMILES string of the molecule is COC(=O)Cc1cccc(-c2cnc(CCCc3ccccc3)c(=O)n2CC(=O)NCc2cc3cnccc3[nH]2)c1. The Hall–Kier alpha value is -5.05. The number of nitrogens with one attached hydrogen (secondary N) is 2. The fraction of sp³-hybridized carbons (Fsp3) is 0.219. The predicted octanol–water partition coefficient (Wildman–Crippen LogP) is 3.99. The summed E-state index contributed by atoms with van der Waals surface area (Å²) in [5.41, 5.74) is 4.98. The van der Waals surface area contributed by atoms with Crippen LogP contribution in [-0.4, -0.2) is 38.5 Å². The second kappa shape index (κ2) is 12.9. The third-order valence-corrected chi connectivity index (χ3v) is 6.90. The lowest BCUT2D eigenvalue weighted by atomic mass is 10.0. The first-order valence-electron chi connectivity index (χ1n) is 13.5. The van der Waals surface area contributed by atoms with Crippen molar-refractivity contribution >= 4 is 22.8 Å². The van der Waals surface area contributed by atoms with E-state index in [0.717, 1.165) is 35.0 Å². The van der Waals surface area contributed by atoms with Crippen LogP contribution in [0.1, 0.15) is 28.9 Å². The molecule has 0 fully saturated rings. The number of carbonyl (C=O) groups is 2. The van der Waals surface area contributed by atoms with Crippen LogP contribution < -0.4 is 10.9 Å². The van der Waals surface area contributed by atoms with E-state index in [1.54, 1.807) is 24.7 Å². The van der Waals surface area contributed by atoms with E-state index in [1.165, 1.54) is 17.2 Å². The smallest absolute Gasteiger partial charge is 0.309 e. The minimum absolute atomic E-state index is 0.0973. The van der Waals surface area contributed by atoms with Crippen molar-refractivity contribution in [3.63, 3.8) is 0 Å². The van der Waals surface area contributed by atoms with Gasteiger partial charge in [0.1, 0.15) is 12.2 Å². The van der Waals surface area contributed by atoms with Crippen LogP contribution in [0.3, 0.4) is 0 Å². The van der Waals surface area contributed by atoms with Crippen LogP contribution >= 0.6 is 0 Å². The third kappa shape index (κ3) is 6.94. The van der Waals surface area contributed by atoms with E-state index >= 15 is 0 Å². The number of esters is 1. The molecule has 5 rings (SSSR count). The standard InChI is InChI=1S/C32H31N5O4/c1-41-31(39)16-23-10-5-11-24(15-23)29-20-34-28(12-6-9-22-7-3-2-4-8-22)32(40)37(29)21-30(38)35-19-26-17-25-18-33-14-13-27(25)36-26/h2-5,7-8,10-11,13-15,17-18,20,36H,6,9,12,16,19,21H2,1H3,(H,35,38). The number of rotatable bonds is 11. The second-order valence-electron chi connectivity index (χ2n) is 9.81. The molecule has 0 saturated carbocycles. The largest absolute Gasteiger partial charge is 0.469 e. The molecule has 1 amide bonds. The Morgan fingerprint density at radius 3 is 2.61 bits per heavy atom. The number of benzene rings is 2. The van der Waals surface area contributed by atoms with Crippen molar-refractivity contribution in [3.8, 4) is 11.3 Å². The number of fused-ring (bicyclic) bond motifs is 1. The number of methoxy groups -OCH3 is 1. The van der Waals surface area contributed by atoms with Crippen molar-refractivity contribution in [1.82, 2.24) is 24.8 Å². The van der Waals surface area contributed by atoms with Gasteiger partial charge in [-0.1, -0.05) is 48.5 Å². The third-order valence-electron chi connectivity index (χ3n) is 6.90. The Balaban J connectivity index is 1.38. The van der Waals surface area contributed by atoms with Crippen molar-refractivity contribution in [1.29, 1.82) is 0 Å². The van der Waals surface area contributed by atoms with Crippen LogP contribution in [0.25, 0.3) is 22.2 Å². The van der Waals surface area contributed by atoms with E-state index in [2.05, 4.69) is 32.4 Å². The topological polar surface area (TPSA) is 119 Å². The number of ether oxygens (including phenoxy) is 1. The summed E-state index contributed by atoms with van der Waals surface area (Å²) in [4.78, 5) is 50.5. The predicted molar refractivity (Wildman–Crippen MR) is 156 cm³/mol. The Morgan fingerprint density at radius 1 is 0.976 bits per heavy atom. The quantitative estimate of drug-likeness (QED) is 0.241. The van der Waals surface area contributed by atoms with Gasteiger partial charge >= 0.3 is 5.97 Å². The Bertz CT molecular complexity index is 1690. The molecule has 0 bridgehead atoms. The monoisotopic (exact) mass is 549 g/mol. The molecule has 208 valence electrons. The summed E-state index contributed by atoms with van der Waals surface area (Å²) in [7, 11) is 1.34. The molecule has 0 aliphatic rings. The zero-order valence-electron chi connectivity index (χ0n) is 22.8. The highest BCUT2D eigenvalue weighted by Crippen LogP contribution is 2.20. The van der Waals surface area contributed by atoms with Gasteiger partial charge in [0.2, 0.25) is 5.91 Å². The molecule has 0 saturated heterocycles. The number of nitrogens with zero attached hydrogens (tertiary/aromatic N) is 3. The van der Waals surface area contributed by atoms with E-state index in [4.69, 9.17) is 4.74 Å². The number of amides is 1. The summed E-state index contributed by atoms with van der Waals surface area (Å²) in [5.74, 6) is -0.671. The molecule has 0 spiro atoms. The van der Waals surface area contributed by atoms with Gasteiger partial charge in [0.25, 0.3) is 5.56 Å². The summed E-state index contributed by atoms with van der Waals surface area (Å²) in [6.07, 6.45) is 7.25. The van der Waals surface area contributed by atoms with E-state index in [-0.39, 0.29) is 36.9 Å². The van der Waals surface area contributed by atoms with Crippen molar-refractivity contribution in [3.05, 3.63) is 118 Å². The van der Waals surface area contributed by atoms with Crippen LogP contribution in [0.2, 0.25) is 0 Å². The summed E-state index contributed by atoms with van der Waals surface area (Å²) in [6, 6.07) is 21.2. The number of hydrogen-bond donors (Lipinski definition) is 2. The van der Waals surface area contributed by atoms with E-state index in [9.17, 15) is 14.4 Å². The van der Waals surface area contributed by atoms with Gasteiger partial charge in [-0.3, -0.25) is 28.9 Å². The highest BCUT2D eigenvalue weighted by Gasteiger charge is 2.16. The van der Waals surface area contributed by atoms with Crippen LogP contribution in [0.15, 0.2) is 90.1 Å². The Morgan fingerprint density at radius 2 is 1.80 bits per heavy atom. The van der Waals surface area contributed by atoms with Gasteiger partial charge in [0.15, 0.2) is 0 Å². The van der Waals surface area contributed by atoms with Crippen LogP contribution in [0.5, 0.6) is 0 Å². The van der Waals surface area contributed by atoms with Gasteiger partial charge in [-0.15, -0.1) is 0 Å². The van der Waals surface area contributed by atoms with Gasteiger partial charge < -0.3 is 15.0 Å². The number of pyridine rings is 1. The number of H-pyrrole nitrogens is 1. The zero-order chi connectivity index (χ0) is 28.6. The number of aromatic nitrogens is 4. The maximum atomic E-state index is 13.7. The average Bonchev–Trinajstić information content (AvgIpc) is 3.42. The first-order valence-corrected chi connectivity index (χ1v) is 13.5. The Kier molecular flexibility index (Phi) is 8.64. The highest BCUT2D eigenvalue weighted by atomic mass is 16.5. The number of hydrogen-bond acceptors (Lipinski definition) is 6. The second-order valence-corrected chi connectivity index (χ2v) is 9.81. The van der Waals surface area contributed by atoms with Crippen LogP contribution in [0, 0.1) is 0 Å². The van der Waals surface area contributed by atoms with Gasteiger partial charge in [0, 0.05) is 34.6 Å². The summed E-state index contributed by atoms with van der Waals surface area (Å²) in [5, 5.41) is 3.87. The van der Waals surface area contributed by atoms with Crippen LogP contribution in [0.4, 0.5) is 0 Å². The van der Waals surface area contributed by atoms with Crippen molar-refractivity contribution in [2.45, 2.75) is 38.8 Å². The fourth-order valence-electron chi connectivity index (χ4n) is 4.79. The molecule has 2 aromatic carbocycles. The van der Waals surface area contributed by atoms with E-state index in [0.29, 0.717) is 23.4 Å². The van der Waals surface area contributed by atoms with Gasteiger partial charge in [-0.05, 0) is 48.6 Å². The van der Waals surface area contributed by atoms with Gasteiger partial charge in [0.05, 0.1) is 32.0 Å². The summed E-state index contributed by atoms with van der Waals surface area (Å²) < 4.78 is 6.26. The first-order chi connectivity index (χ1) is 20.0. The highest BCUT2D eigenvalue weighted by molar-refractivity contribution is 5.80. The molecule has 0 radical (unpaired) electrons. The molecule has 0 aliphatic carbocycles. The lowest BCUT2D eigenvalue weighted by molar-refractivity contribution is -0.139. The molecule has 0 atom stereocenters. The molecule has 0 aliphatic heterocycles. The normalized spacial score (nSPS) is 11.0. The molecule has 9 nitrogen and oxygen atoms in total. The number of aryl methyl sites for hydroxylation is 2. The molecule has 2 N–H and O–H groups in total.